The molecule has 0 unspecified atom stereocenters. The summed E-state index contributed by atoms with van der Waals surface area (Å²) >= 11 is 0. The van der Waals surface area contributed by atoms with Gasteiger partial charge in [-0.05, 0) is 43.2 Å². The SMILES string of the molecule is Cc1ccc(C)c(Nc2ccnc(C#N)c2)c1. The summed E-state index contributed by atoms with van der Waals surface area (Å²) in [6.07, 6.45) is 1.63. The highest BCUT2D eigenvalue weighted by molar-refractivity contribution is 5.64. The Morgan fingerprint density at radius 2 is 2.00 bits per heavy atom. The van der Waals surface area contributed by atoms with E-state index in [1.165, 1.54) is 11.1 Å². The van der Waals surface area contributed by atoms with Crippen molar-refractivity contribution in [3.05, 3.63) is 53.3 Å². The van der Waals surface area contributed by atoms with Crippen molar-refractivity contribution in [2.45, 2.75) is 13.8 Å². The van der Waals surface area contributed by atoms with Crippen molar-refractivity contribution in [3.8, 4) is 6.07 Å². The number of nitrogens with zero attached hydrogens (tertiary/aromatic N) is 2. The highest BCUT2D eigenvalue weighted by Crippen LogP contribution is 2.21. The van der Waals surface area contributed by atoms with Gasteiger partial charge in [0.05, 0.1) is 0 Å². The van der Waals surface area contributed by atoms with Gasteiger partial charge in [0.15, 0.2) is 0 Å². The van der Waals surface area contributed by atoms with E-state index in [2.05, 4.69) is 35.4 Å². The summed E-state index contributed by atoms with van der Waals surface area (Å²) in [5.74, 6) is 0. The van der Waals surface area contributed by atoms with Gasteiger partial charge in [0, 0.05) is 17.6 Å². The van der Waals surface area contributed by atoms with Gasteiger partial charge in [-0.2, -0.15) is 5.26 Å². The number of aromatic nitrogens is 1. The molecule has 0 radical (unpaired) electrons. The molecule has 2 aromatic rings. The van der Waals surface area contributed by atoms with E-state index in [4.69, 9.17) is 5.26 Å². The molecule has 3 heteroatoms. The van der Waals surface area contributed by atoms with Gasteiger partial charge in [-0.1, -0.05) is 12.1 Å². The Balaban J connectivity index is 2.31. The van der Waals surface area contributed by atoms with Gasteiger partial charge < -0.3 is 5.32 Å². The van der Waals surface area contributed by atoms with Gasteiger partial charge in [0.25, 0.3) is 0 Å². The minimum atomic E-state index is 0.417. The van der Waals surface area contributed by atoms with E-state index < -0.39 is 0 Å². The summed E-state index contributed by atoms with van der Waals surface area (Å²) in [7, 11) is 0. The maximum atomic E-state index is 8.79. The highest BCUT2D eigenvalue weighted by Gasteiger charge is 2.00. The first-order valence-electron chi connectivity index (χ1n) is 5.39. The van der Waals surface area contributed by atoms with Crippen LogP contribution >= 0.6 is 0 Å². The van der Waals surface area contributed by atoms with Crippen LogP contribution in [0.2, 0.25) is 0 Å². The molecule has 2 rings (SSSR count). The van der Waals surface area contributed by atoms with Crippen LogP contribution in [0.4, 0.5) is 11.4 Å². The van der Waals surface area contributed by atoms with E-state index >= 15 is 0 Å². The summed E-state index contributed by atoms with van der Waals surface area (Å²) in [6, 6.07) is 11.9. The lowest BCUT2D eigenvalue weighted by Crippen LogP contribution is -1.95. The largest absolute Gasteiger partial charge is 0.355 e. The van der Waals surface area contributed by atoms with E-state index in [9.17, 15) is 0 Å². The van der Waals surface area contributed by atoms with E-state index in [1.807, 2.05) is 19.1 Å². The number of aryl methyl sites for hydroxylation is 2. The topological polar surface area (TPSA) is 48.7 Å². The molecule has 17 heavy (non-hydrogen) atoms. The van der Waals surface area contributed by atoms with Gasteiger partial charge in [-0.25, -0.2) is 4.98 Å². The zero-order chi connectivity index (χ0) is 12.3. The molecule has 1 heterocycles. The molecule has 3 nitrogen and oxygen atoms in total. The average Bonchev–Trinajstić information content (AvgIpc) is 2.34. The monoisotopic (exact) mass is 223 g/mol. The molecule has 0 aliphatic heterocycles. The molecule has 1 aromatic carbocycles. The molecular weight excluding hydrogens is 210 g/mol. The highest BCUT2D eigenvalue weighted by atomic mass is 14.9. The smallest absolute Gasteiger partial charge is 0.142 e. The summed E-state index contributed by atoms with van der Waals surface area (Å²) in [6.45, 7) is 4.10. The molecule has 0 bridgehead atoms. The van der Waals surface area contributed by atoms with Crippen LogP contribution in [-0.2, 0) is 0 Å². The van der Waals surface area contributed by atoms with Crippen LogP contribution in [0.1, 0.15) is 16.8 Å². The van der Waals surface area contributed by atoms with Crippen molar-refractivity contribution in [2.24, 2.45) is 0 Å². The average molecular weight is 223 g/mol. The summed E-state index contributed by atoms with van der Waals surface area (Å²) in [4.78, 5) is 3.94. The Hall–Kier alpha value is -2.34. The second-order valence-corrected chi connectivity index (χ2v) is 3.98. The van der Waals surface area contributed by atoms with Crippen molar-refractivity contribution < 1.29 is 0 Å². The number of anilines is 2. The fourth-order valence-corrected chi connectivity index (χ4v) is 1.60. The summed E-state index contributed by atoms with van der Waals surface area (Å²) in [5, 5.41) is 12.1. The minimum absolute atomic E-state index is 0.417. The molecule has 0 saturated heterocycles. The molecule has 0 spiro atoms. The molecule has 1 aromatic heterocycles. The number of hydrogen-bond acceptors (Lipinski definition) is 3. The number of nitriles is 1. The zero-order valence-electron chi connectivity index (χ0n) is 9.86. The van der Waals surface area contributed by atoms with Crippen LogP contribution < -0.4 is 5.32 Å². The van der Waals surface area contributed by atoms with E-state index in [0.717, 1.165) is 11.4 Å². The first kappa shape index (κ1) is 11.2. The maximum absolute atomic E-state index is 8.79. The van der Waals surface area contributed by atoms with Crippen molar-refractivity contribution in [2.75, 3.05) is 5.32 Å². The van der Waals surface area contributed by atoms with Gasteiger partial charge in [-0.15, -0.1) is 0 Å². The Bertz CT molecular complexity index is 582. The van der Waals surface area contributed by atoms with Crippen LogP contribution in [-0.4, -0.2) is 4.98 Å². The second kappa shape index (κ2) is 4.67. The lowest BCUT2D eigenvalue weighted by atomic mass is 10.1. The molecule has 0 atom stereocenters. The van der Waals surface area contributed by atoms with Gasteiger partial charge in [-0.3, -0.25) is 0 Å². The van der Waals surface area contributed by atoms with E-state index in [0.29, 0.717) is 5.69 Å². The number of nitrogens with one attached hydrogen (secondary N) is 1. The predicted molar refractivity (Wildman–Crippen MR) is 68.2 cm³/mol. The van der Waals surface area contributed by atoms with Crippen LogP contribution in [0.25, 0.3) is 0 Å². The first-order chi connectivity index (χ1) is 8.19. The molecule has 0 saturated carbocycles. The van der Waals surface area contributed by atoms with Gasteiger partial charge in [0.1, 0.15) is 11.8 Å². The Kier molecular flexibility index (Phi) is 3.06. The maximum Gasteiger partial charge on any atom is 0.142 e. The Morgan fingerprint density at radius 3 is 2.76 bits per heavy atom. The third-order valence-electron chi connectivity index (χ3n) is 2.55. The molecular formula is C14H13N3. The predicted octanol–water partition coefficient (Wildman–Crippen LogP) is 3.31. The number of hydrogen-bond donors (Lipinski definition) is 1. The zero-order valence-corrected chi connectivity index (χ0v) is 9.86. The fourth-order valence-electron chi connectivity index (χ4n) is 1.60. The molecule has 84 valence electrons. The van der Waals surface area contributed by atoms with Crippen molar-refractivity contribution >= 4 is 11.4 Å². The number of pyridine rings is 1. The van der Waals surface area contributed by atoms with E-state index in [1.54, 1.807) is 12.3 Å². The first-order valence-corrected chi connectivity index (χ1v) is 5.39. The summed E-state index contributed by atoms with van der Waals surface area (Å²) < 4.78 is 0. The quantitative estimate of drug-likeness (QED) is 0.849. The minimum Gasteiger partial charge on any atom is -0.355 e. The van der Waals surface area contributed by atoms with Crippen LogP contribution in [0.3, 0.4) is 0 Å². The molecule has 0 amide bonds. The third-order valence-corrected chi connectivity index (χ3v) is 2.55. The third kappa shape index (κ3) is 2.61. The molecule has 0 aliphatic carbocycles. The number of benzene rings is 1. The Morgan fingerprint density at radius 1 is 1.18 bits per heavy atom. The van der Waals surface area contributed by atoms with Crippen LogP contribution in [0.5, 0.6) is 0 Å². The molecule has 1 N–H and O–H groups in total. The molecule has 0 aliphatic rings. The second-order valence-electron chi connectivity index (χ2n) is 3.98. The van der Waals surface area contributed by atoms with Gasteiger partial charge in [0.2, 0.25) is 0 Å². The fraction of sp³-hybridized carbons (Fsp3) is 0.143. The van der Waals surface area contributed by atoms with Crippen molar-refractivity contribution in [1.82, 2.24) is 4.98 Å². The Labute approximate surface area is 101 Å². The number of rotatable bonds is 2. The van der Waals surface area contributed by atoms with E-state index in [-0.39, 0.29) is 0 Å². The van der Waals surface area contributed by atoms with Crippen molar-refractivity contribution in [1.29, 1.82) is 5.26 Å². The van der Waals surface area contributed by atoms with Crippen molar-refractivity contribution in [3.63, 3.8) is 0 Å². The lowest BCUT2D eigenvalue weighted by Gasteiger charge is -2.10. The normalized spacial score (nSPS) is 9.71. The van der Waals surface area contributed by atoms with Crippen LogP contribution in [0.15, 0.2) is 36.5 Å². The van der Waals surface area contributed by atoms with Gasteiger partial charge >= 0.3 is 0 Å². The lowest BCUT2D eigenvalue weighted by molar-refractivity contribution is 1.26. The standard InChI is InChI=1S/C14H13N3/c1-10-3-4-11(2)14(7-10)17-12-5-6-16-13(8-12)9-15/h3-8H,1-2H3,(H,16,17). The molecule has 0 fully saturated rings. The van der Waals surface area contributed by atoms with Crippen LogP contribution in [0, 0.1) is 25.2 Å². The summed E-state index contributed by atoms with van der Waals surface area (Å²) in [5.41, 5.74) is 4.73.